The van der Waals surface area contributed by atoms with E-state index in [-0.39, 0.29) is 0 Å². The van der Waals surface area contributed by atoms with E-state index in [1.54, 1.807) is 0 Å². The van der Waals surface area contributed by atoms with Gasteiger partial charge in [-0.1, -0.05) is 97.1 Å². The Bertz CT molecular complexity index is 2570. The molecule has 8 aromatic carbocycles. The summed E-state index contributed by atoms with van der Waals surface area (Å²) in [6.07, 6.45) is 0. The Labute approximate surface area is 321 Å². The number of para-hydroxylation sites is 4. The van der Waals surface area contributed by atoms with Crippen molar-refractivity contribution in [2.45, 2.75) is 0 Å². The van der Waals surface area contributed by atoms with Gasteiger partial charge in [-0.05, 0) is 140 Å². The molecule has 0 unspecified atom stereocenters. The summed E-state index contributed by atoms with van der Waals surface area (Å²) in [6.45, 7) is 0. The predicted octanol–water partition coefficient (Wildman–Crippen LogP) is 9.71. The number of rotatable bonds is 6. The summed E-state index contributed by atoms with van der Waals surface area (Å²) < 4.78 is 0. The number of benzene rings is 8. The molecule has 0 atom stereocenters. The first-order valence-corrected chi connectivity index (χ1v) is 20.4. The molecule has 10 rings (SSSR count). The Morgan fingerprint density at radius 3 is 0.909 bits per heavy atom. The molecule has 2 heterocycles. The highest BCUT2D eigenvalue weighted by molar-refractivity contribution is 7.24. The summed E-state index contributed by atoms with van der Waals surface area (Å²) >= 11 is 0. The molecule has 0 aliphatic carbocycles. The molecule has 5 heteroatoms. The van der Waals surface area contributed by atoms with E-state index in [4.69, 9.17) is 0 Å². The molecule has 256 valence electrons. The fraction of sp³-hybridized carbons (Fsp3) is 0. The molecular weight excluding hydrogens is 685 g/mol. The third kappa shape index (κ3) is 4.96. The van der Waals surface area contributed by atoms with Gasteiger partial charge < -0.3 is 9.80 Å². The Kier molecular flexibility index (Phi) is 7.56. The van der Waals surface area contributed by atoms with Crippen molar-refractivity contribution in [3.63, 3.8) is 0 Å². The van der Waals surface area contributed by atoms with Gasteiger partial charge in [0, 0.05) is 34.1 Å². The van der Waals surface area contributed by atoms with Gasteiger partial charge in [-0.2, -0.15) is 10.5 Å². The molecule has 0 aromatic heterocycles. The van der Waals surface area contributed by atoms with Crippen molar-refractivity contribution >= 4 is 62.9 Å². The zero-order valence-electron chi connectivity index (χ0n) is 29.8. The first-order valence-electron chi connectivity index (χ1n) is 18.4. The maximum absolute atomic E-state index is 10.3. The number of fused-ring (bicyclic) bond motifs is 10. The van der Waals surface area contributed by atoms with Gasteiger partial charge in [0.2, 0.25) is 0 Å². The fourth-order valence-electron chi connectivity index (χ4n) is 8.82. The van der Waals surface area contributed by atoms with Crippen LogP contribution in [0.1, 0.15) is 11.1 Å². The summed E-state index contributed by atoms with van der Waals surface area (Å²) in [5, 5.41) is 25.5. The average molecular weight is 717 g/mol. The minimum Gasteiger partial charge on any atom is -0.311 e. The third-order valence-corrected chi connectivity index (χ3v) is 16.0. The van der Waals surface area contributed by atoms with Crippen LogP contribution in [-0.2, 0) is 0 Å². The van der Waals surface area contributed by atoms with Crippen molar-refractivity contribution < 1.29 is 0 Å². The Morgan fingerprint density at radius 1 is 0.309 bits per heavy atom. The van der Waals surface area contributed by atoms with Crippen LogP contribution in [0.2, 0.25) is 0 Å². The van der Waals surface area contributed by atoms with Gasteiger partial charge in [-0.15, -0.1) is 0 Å². The molecule has 0 fully saturated rings. The van der Waals surface area contributed by atoms with Crippen LogP contribution in [-0.4, -0.2) is 8.07 Å². The van der Waals surface area contributed by atoms with E-state index in [1.165, 1.54) is 31.9 Å². The normalized spacial score (nSPS) is 12.5. The van der Waals surface area contributed by atoms with Crippen LogP contribution >= 0.6 is 0 Å². The van der Waals surface area contributed by atoms with Crippen LogP contribution in [0.15, 0.2) is 194 Å². The molecule has 2 aliphatic rings. The van der Waals surface area contributed by atoms with E-state index in [0.717, 1.165) is 45.3 Å². The molecule has 0 N–H and O–H groups in total. The van der Waals surface area contributed by atoms with E-state index < -0.39 is 8.07 Å². The van der Waals surface area contributed by atoms with E-state index in [9.17, 15) is 10.5 Å². The van der Waals surface area contributed by atoms with Gasteiger partial charge in [-0.3, -0.25) is 0 Å². The monoisotopic (exact) mass is 716 g/mol. The topological polar surface area (TPSA) is 54.1 Å². The summed E-state index contributed by atoms with van der Waals surface area (Å²) in [4.78, 5) is 4.63. The minimum atomic E-state index is -3.16. The quantitative estimate of drug-likeness (QED) is 0.161. The standard InChI is InChI=1S/C50H32N4Si/c51-33-35-21-25-43-44-26-22-36(34-52)30-48(44)55(47(43)29-35)49-31-41(53(37-13-5-1-6-14-37)38-15-7-2-8-16-38)23-27-45(49)46-28-24-42(32-50(46)55)54(39-17-9-3-10-18-39)40-19-11-4-12-20-40/h1-32H. The number of nitriles is 2. The van der Waals surface area contributed by atoms with Crippen molar-refractivity contribution in [3.05, 3.63) is 205 Å². The molecular formula is C50H32N4Si. The number of nitrogens with zero attached hydrogens (tertiary/aromatic N) is 4. The fourth-order valence-corrected chi connectivity index (χ4v) is 14.5. The first-order chi connectivity index (χ1) is 27.2. The van der Waals surface area contributed by atoms with Crippen LogP contribution < -0.4 is 30.5 Å². The average Bonchev–Trinajstić information content (AvgIpc) is 3.71. The van der Waals surface area contributed by atoms with Gasteiger partial charge >= 0.3 is 0 Å². The van der Waals surface area contributed by atoms with Crippen LogP contribution in [0.25, 0.3) is 22.3 Å². The molecule has 1 spiro atoms. The van der Waals surface area contributed by atoms with E-state index in [2.05, 4.69) is 180 Å². The summed E-state index contributed by atoms with van der Waals surface area (Å²) in [5.74, 6) is 0. The van der Waals surface area contributed by atoms with Crippen LogP contribution in [0, 0.1) is 22.7 Å². The van der Waals surface area contributed by atoms with Gasteiger partial charge in [0.25, 0.3) is 0 Å². The molecule has 4 nitrogen and oxygen atoms in total. The molecule has 0 bridgehead atoms. The Hall–Kier alpha value is -7.44. The van der Waals surface area contributed by atoms with Gasteiger partial charge in [-0.25, -0.2) is 0 Å². The van der Waals surface area contributed by atoms with Gasteiger partial charge in [0.05, 0.1) is 23.3 Å². The molecule has 55 heavy (non-hydrogen) atoms. The van der Waals surface area contributed by atoms with E-state index in [1.807, 2.05) is 36.4 Å². The highest BCUT2D eigenvalue weighted by Crippen LogP contribution is 2.42. The lowest BCUT2D eigenvalue weighted by Crippen LogP contribution is -2.71. The smallest absolute Gasteiger partial charge is 0.182 e. The second kappa shape index (κ2) is 12.9. The summed E-state index contributed by atoms with van der Waals surface area (Å²) in [7, 11) is -3.16. The number of anilines is 6. The lowest BCUT2D eigenvalue weighted by molar-refractivity contribution is 1.29. The predicted molar refractivity (Wildman–Crippen MR) is 227 cm³/mol. The van der Waals surface area contributed by atoms with Crippen molar-refractivity contribution in [2.24, 2.45) is 0 Å². The lowest BCUT2D eigenvalue weighted by Gasteiger charge is -2.31. The highest BCUT2D eigenvalue weighted by atomic mass is 28.3. The van der Waals surface area contributed by atoms with Gasteiger partial charge in [0.15, 0.2) is 8.07 Å². The van der Waals surface area contributed by atoms with Crippen LogP contribution in [0.3, 0.4) is 0 Å². The molecule has 0 radical (unpaired) electrons. The Morgan fingerprint density at radius 2 is 0.600 bits per heavy atom. The SMILES string of the molecule is N#Cc1ccc2c(c1)[Si]1(c3cc(C#N)ccc3-2)c2cc(N(c3ccccc3)c3ccccc3)ccc2-c2ccc(N(c3ccccc3)c3ccccc3)cc21. The zero-order chi connectivity index (χ0) is 36.9. The highest BCUT2D eigenvalue weighted by Gasteiger charge is 2.54. The largest absolute Gasteiger partial charge is 0.311 e. The zero-order valence-corrected chi connectivity index (χ0v) is 30.8. The second-order valence-corrected chi connectivity index (χ2v) is 17.6. The molecule has 0 saturated carbocycles. The summed E-state index contributed by atoms with van der Waals surface area (Å²) in [5.41, 5.74) is 12.3. The third-order valence-electron chi connectivity index (χ3n) is 11.1. The van der Waals surface area contributed by atoms with Crippen molar-refractivity contribution in [1.29, 1.82) is 10.5 Å². The van der Waals surface area contributed by atoms with E-state index in [0.29, 0.717) is 11.1 Å². The second-order valence-electron chi connectivity index (χ2n) is 14.0. The van der Waals surface area contributed by atoms with Crippen LogP contribution in [0.4, 0.5) is 34.1 Å². The Balaban J connectivity index is 1.30. The lowest BCUT2D eigenvalue weighted by atomic mass is 10.0. The van der Waals surface area contributed by atoms with Crippen molar-refractivity contribution in [3.8, 4) is 34.4 Å². The number of hydrogen-bond donors (Lipinski definition) is 0. The molecule has 8 aromatic rings. The minimum absolute atomic E-state index is 0.631. The first kappa shape index (κ1) is 32.2. The maximum Gasteiger partial charge on any atom is 0.182 e. The van der Waals surface area contributed by atoms with Crippen molar-refractivity contribution in [1.82, 2.24) is 0 Å². The number of hydrogen-bond acceptors (Lipinski definition) is 4. The molecule has 0 saturated heterocycles. The van der Waals surface area contributed by atoms with Crippen LogP contribution in [0.5, 0.6) is 0 Å². The molecule has 0 amide bonds. The summed E-state index contributed by atoms with van der Waals surface area (Å²) in [6, 6.07) is 73.1. The maximum atomic E-state index is 10.3. The molecule has 2 aliphatic heterocycles. The van der Waals surface area contributed by atoms with Crippen molar-refractivity contribution in [2.75, 3.05) is 9.80 Å². The van der Waals surface area contributed by atoms with Gasteiger partial charge in [0.1, 0.15) is 0 Å². The van der Waals surface area contributed by atoms with E-state index >= 15 is 0 Å².